The number of cyclic esters (lactones) is 1. The Morgan fingerprint density at radius 1 is 1.14 bits per heavy atom. The monoisotopic (exact) mass is 706 g/mol. The number of hydrogen-bond donors (Lipinski definition) is 4. The summed E-state index contributed by atoms with van der Waals surface area (Å²) in [6.45, 7) is 14.6. The quantitative estimate of drug-likeness (QED) is 0.183. The summed E-state index contributed by atoms with van der Waals surface area (Å²) < 4.78 is 28.9. The van der Waals surface area contributed by atoms with Crippen molar-refractivity contribution in [2.45, 2.75) is 117 Å². The fraction of sp³-hybridized carbons (Fsp3) is 0.658. The minimum Gasteiger partial charge on any atom is -0.490 e. The maximum Gasteiger partial charge on any atom is 0.373 e. The second kappa shape index (κ2) is 19.4. The molecular weight excluding hydrogens is 648 g/mol. The number of esters is 2. The number of aliphatic carboxylic acids is 1. The number of carboxylic acid groups (broad SMARTS) is 1. The smallest absolute Gasteiger partial charge is 0.373 e. The van der Waals surface area contributed by atoms with E-state index in [1.165, 1.54) is 20.3 Å². The van der Waals surface area contributed by atoms with Crippen LogP contribution in [0.1, 0.15) is 74.7 Å². The van der Waals surface area contributed by atoms with Crippen LogP contribution in [0.3, 0.4) is 0 Å². The average molecular weight is 707 g/mol. The minimum absolute atomic E-state index is 0.0440. The maximum atomic E-state index is 13.6. The number of ether oxygens (including phenoxy) is 5. The SMILES string of the molecule is CC[C@H]1O[C@@](O)([C@@H](C)[C@H](O)[C@H](C)[C@H]2OC(=O)/C(OC)=C/C(C)=C/[C@@H](C)[C@@H](O)[C@@H](C)C/C(C)=C/C=C/[C@@H]2OC)C[C@@H](OC(=O)/C=C/C(=O)O)[C@@H]1C. The molecule has 50 heavy (non-hydrogen) atoms. The summed E-state index contributed by atoms with van der Waals surface area (Å²) in [5, 5.41) is 43.6. The van der Waals surface area contributed by atoms with Crippen molar-refractivity contribution < 1.29 is 58.5 Å². The molecule has 0 unspecified atom stereocenters. The Hall–Kier alpha value is -3.29. The molecule has 12 heteroatoms. The van der Waals surface area contributed by atoms with Gasteiger partial charge in [-0.1, -0.05) is 77.0 Å². The lowest BCUT2D eigenvalue weighted by atomic mass is 9.77. The molecule has 1 saturated heterocycles. The van der Waals surface area contributed by atoms with Crippen LogP contribution >= 0.6 is 0 Å². The number of carboxylic acids is 1. The molecule has 12 atom stereocenters. The Kier molecular flexibility index (Phi) is 16.6. The van der Waals surface area contributed by atoms with Gasteiger partial charge in [-0.3, -0.25) is 0 Å². The van der Waals surface area contributed by atoms with Gasteiger partial charge >= 0.3 is 17.9 Å². The van der Waals surface area contributed by atoms with Gasteiger partial charge in [-0.05, 0) is 38.7 Å². The Bertz CT molecular complexity index is 1310. The van der Waals surface area contributed by atoms with Crippen LogP contribution in [-0.4, -0.2) is 95.0 Å². The van der Waals surface area contributed by atoms with Gasteiger partial charge in [0.1, 0.15) is 18.3 Å². The molecule has 0 bridgehead atoms. The average Bonchev–Trinajstić information content (AvgIpc) is 3.06. The Morgan fingerprint density at radius 3 is 2.38 bits per heavy atom. The van der Waals surface area contributed by atoms with Gasteiger partial charge in [0.05, 0.1) is 25.4 Å². The molecule has 0 saturated carbocycles. The highest BCUT2D eigenvalue weighted by molar-refractivity contribution is 5.90. The molecule has 1 fully saturated rings. The number of aliphatic hydroxyl groups excluding tert-OH is 2. The zero-order valence-corrected chi connectivity index (χ0v) is 31.1. The van der Waals surface area contributed by atoms with Crippen LogP contribution in [0, 0.1) is 29.6 Å². The van der Waals surface area contributed by atoms with Crippen molar-refractivity contribution in [3.8, 4) is 0 Å². The van der Waals surface area contributed by atoms with E-state index in [4.69, 9.17) is 28.8 Å². The zero-order valence-electron chi connectivity index (χ0n) is 31.1. The normalized spacial score (nSPS) is 37.5. The van der Waals surface area contributed by atoms with Gasteiger partial charge < -0.3 is 44.1 Å². The van der Waals surface area contributed by atoms with E-state index in [0.29, 0.717) is 24.5 Å². The highest BCUT2D eigenvalue weighted by Crippen LogP contribution is 2.41. The van der Waals surface area contributed by atoms with Gasteiger partial charge in [0, 0.05) is 49.4 Å². The van der Waals surface area contributed by atoms with Crippen molar-refractivity contribution in [3.05, 3.63) is 59.4 Å². The van der Waals surface area contributed by atoms with E-state index in [1.54, 1.807) is 32.9 Å². The summed E-state index contributed by atoms with van der Waals surface area (Å²) >= 11 is 0. The van der Waals surface area contributed by atoms with E-state index >= 15 is 0 Å². The van der Waals surface area contributed by atoms with Crippen LogP contribution in [0.4, 0.5) is 0 Å². The van der Waals surface area contributed by atoms with E-state index in [1.807, 2.05) is 46.8 Å². The molecule has 2 heterocycles. The van der Waals surface area contributed by atoms with E-state index in [9.17, 15) is 29.7 Å². The second-order valence-electron chi connectivity index (χ2n) is 13.9. The summed E-state index contributed by atoms with van der Waals surface area (Å²) in [4.78, 5) is 36.9. The zero-order chi connectivity index (χ0) is 37.9. The number of rotatable bonds is 10. The molecule has 0 amide bonds. The number of carbonyl (C=O) groups excluding carboxylic acids is 2. The van der Waals surface area contributed by atoms with E-state index in [2.05, 4.69) is 0 Å². The van der Waals surface area contributed by atoms with Crippen LogP contribution in [0.25, 0.3) is 0 Å². The van der Waals surface area contributed by atoms with Gasteiger partial charge in [0.15, 0.2) is 5.79 Å². The van der Waals surface area contributed by atoms with Crippen LogP contribution in [-0.2, 0) is 38.1 Å². The molecule has 0 aromatic carbocycles. The van der Waals surface area contributed by atoms with Gasteiger partial charge in [-0.15, -0.1) is 0 Å². The molecule has 0 aromatic heterocycles. The van der Waals surface area contributed by atoms with Gasteiger partial charge in [0.2, 0.25) is 5.76 Å². The molecule has 12 nitrogen and oxygen atoms in total. The second-order valence-corrected chi connectivity index (χ2v) is 13.9. The van der Waals surface area contributed by atoms with Gasteiger partial charge in [0.25, 0.3) is 0 Å². The van der Waals surface area contributed by atoms with Crippen LogP contribution in [0.15, 0.2) is 59.4 Å². The summed E-state index contributed by atoms with van der Waals surface area (Å²) in [7, 11) is 2.80. The predicted molar refractivity (Wildman–Crippen MR) is 186 cm³/mol. The van der Waals surface area contributed by atoms with E-state index in [0.717, 1.165) is 11.6 Å². The Balaban J connectivity index is 2.52. The highest BCUT2D eigenvalue weighted by atomic mass is 16.6. The third-order valence-electron chi connectivity index (χ3n) is 9.93. The fourth-order valence-corrected chi connectivity index (χ4v) is 6.76. The molecular formula is C38H58O12. The van der Waals surface area contributed by atoms with Crippen molar-refractivity contribution >= 4 is 17.9 Å². The molecule has 4 N–H and O–H groups in total. The number of carbonyl (C=O) groups is 3. The van der Waals surface area contributed by atoms with Crippen molar-refractivity contribution in [1.29, 1.82) is 0 Å². The topological polar surface area (TPSA) is 178 Å². The summed E-state index contributed by atoms with van der Waals surface area (Å²) in [5.74, 6) is -7.48. The number of aliphatic hydroxyl groups is 3. The maximum absolute atomic E-state index is 13.6. The standard InChI is InChI=1S/C38H58O12/c1-11-28-25(6)31(48-33(41)16-15-32(39)40)20-38(45,50-28)27(8)35(43)26(7)36-29(46-9)14-12-13-21(2)17-23(4)34(42)24(5)18-22(3)19-30(47-10)37(44)49-36/h12-16,18-19,23-29,31,34-36,42-43,45H,11,17,20H2,1-10H3,(H,39,40)/b14-12+,16-15+,21-13+,22-18+,30-19-/t23-,24+,25+,26-,27-,28+,29-,31+,34-,35+,36+,38+/m0/s1. The molecule has 2 aliphatic rings. The van der Waals surface area contributed by atoms with E-state index < -0.39 is 72.2 Å². The first kappa shape index (κ1) is 42.9. The largest absolute Gasteiger partial charge is 0.490 e. The van der Waals surface area contributed by atoms with Crippen LogP contribution in [0.2, 0.25) is 0 Å². The van der Waals surface area contributed by atoms with Crippen molar-refractivity contribution in [2.24, 2.45) is 29.6 Å². The lowest BCUT2D eigenvalue weighted by Crippen LogP contribution is -2.58. The lowest BCUT2D eigenvalue weighted by Gasteiger charge is -2.49. The minimum atomic E-state index is -1.97. The molecule has 282 valence electrons. The highest BCUT2D eigenvalue weighted by Gasteiger charge is 2.52. The van der Waals surface area contributed by atoms with Crippen molar-refractivity contribution in [3.63, 3.8) is 0 Å². The van der Waals surface area contributed by atoms with Gasteiger partial charge in [-0.2, -0.15) is 0 Å². The molecule has 0 aliphatic carbocycles. The van der Waals surface area contributed by atoms with Gasteiger partial charge in [-0.25, -0.2) is 14.4 Å². The summed E-state index contributed by atoms with van der Waals surface area (Å²) in [6, 6.07) is 0. The molecule has 0 spiro atoms. The summed E-state index contributed by atoms with van der Waals surface area (Å²) in [5.41, 5.74) is 1.70. The summed E-state index contributed by atoms with van der Waals surface area (Å²) in [6.07, 6.45) is 5.90. The molecule has 2 rings (SSSR count). The Morgan fingerprint density at radius 2 is 1.80 bits per heavy atom. The molecule has 0 radical (unpaired) electrons. The number of allylic oxidation sites excluding steroid dienone is 5. The third-order valence-corrected chi connectivity index (χ3v) is 9.93. The van der Waals surface area contributed by atoms with Crippen molar-refractivity contribution in [1.82, 2.24) is 0 Å². The number of methoxy groups -OCH3 is 2. The third kappa shape index (κ3) is 11.6. The Labute approximate surface area is 296 Å². The van der Waals surface area contributed by atoms with Crippen LogP contribution in [0.5, 0.6) is 0 Å². The predicted octanol–water partition coefficient (Wildman–Crippen LogP) is 4.64. The van der Waals surface area contributed by atoms with E-state index in [-0.39, 0.29) is 29.9 Å². The first-order valence-electron chi connectivity index (χ1n) is 17.3. The first-order valence-corrected chi connectivity index (χ1v) is 17.3. The first-order chi connectivity index (χ1) is 23.4. The lowest BCUT2D eigenvalue weighted by molar-refractivity contribution is -0.323. The fourth-order valence-electron chi connectivity index (χ4n) is 6.76. The molecule has 2 aliphatic heterocycles. The number of hydrogen-bond acceptors (Lipinski definition) is 11. The molecule has 0 aromatic rings. The van der Waals surface area contributed by atoms with Crippen molar-refractivity contribution in [2.75, 3.05) is 14.2 Å². The van der Waals surface area contributed by atoms with Crippen LogP contribution < -0.4 is 0 Å².